The number of hydrogen-bond donors (Lipinski definition) is 0. The molecule has 1 heterocycles. The van der Waals surface area contributed by atoms with Crippen molar-refractivity contribution < 1.29 is 4.79 Å². The summed E-state index contributed by atoms with van der Waals surface area (Å²) < 4.78 is 0. The van der Waals surface area contributed by atoms with Crippen molar-refractivity contribution in [2.45, 2.75) is 12.8 Å². The van der Waals surface area contributed by atoms with Crippen LogP contribution in [0.5, 0.6) is 0 Å². The van der Waals surface area contributed by atoms with Gasteiger partial charge >= 0.3 is 0 Å². The first kappa shape index (κ1) is 8.03. The lowest BCUT2D eigenvalue weighted by molar-refractivity contribution is -0.117. The predicted molar refractivity (Wildman–Crippen MR) is 46.5 cm³/mol. The maximum atomic E-state index is 11.0. The molecule has 0 aliphatic rings. The summed E-state index contributed by atoms with van der Waals surface area (Å²) in [7, 11) is 0. The molecule has 0 aliphatic carbocycles. The first-order valence-corrected chi connectivity index (χ1v) is 4.18. The quantitative estimate of drug-likeness (QED) is 0.623. The number of Topliss-reactive ketones (excluding diaryl/α,β-unsaturated/α-hetero) is 1. The highest BCUT2D eigenvalue weighted by Crippen LogP contribution is 2.09. The molecule has 0 bridgehead atoms. The van der Waals surface area contributed by atoms with Gasteiger partial charge in [0.25, 0.3) is 0 Å². The molecule has 1 aromatic rings. The molecule has 11 heavy (non-hydrogen) atoms. The predicted octanol–water partition coefficient (Wildman–Crippen LogP) is 1.88. The minimum Gasteiger partial charge on any atom is -0.298 e. The first-order valence-electron chi connectivity index (χ1n) is 3.30. The Morgan fingerprint density at radius 2 is 2.55 bits per heavy atom. The highest BCUT2D eigenvalue weighted by atomic mass is 32.1. The van der Waals surface area contributed by atoms with Crippen LogP contribution < -0.4 is 0 Å². The summed E-state index contributed by atoms with van der Waals surface area (Å²) in [4.78, 5) is 12.1. The molecule has 0 fully saturated rings. The Bertz CT molecular complexity index is 266. The zero-order valence-corrected chi connectivity index (χ0v) is 6.86. The Balaban J connectivity index is 2.45. The Morgan fingerprint density at radius 1 is 1.73 bits per heavy atom. The van der Waals surface area contributed by atoms with Crippen LogP contribution in [0.25, 0.3) is 0 Å². The van der Waals surface area contributed by atoms with Crippen LogP contribution in [0.15, 0.2) is 17.5 Å². The second-order valence-electron chi connectivity index (χ2n) is 2.18. The highest BCUT2D eigenvalue weighted by Gasteiger charge is 2.01. The fraction of sp³-hybridized carbons (Fsp3) is 0.222. The molecule has 0 aliphatic heterocycles. The molecule has 2 heteroatoms. The smallest absolute Gasteiger partial charge is 0.149 e. The van der Waals surface area contributed by atoms with E-state index in [-0.39, 0.29) is 12.2 Å². The van der Waals surface area contributed by atoms with Crippen molar-refractivity contribution in [1.82, 2.24) is 0 Å². The van der Waals surface area contributed by atoms with E-state index in [0.29, 0.717) is 6.42 Å². The highest BCUT2D eigenvalue weighted by molar-refractivity contribution is 7.10. The molecule has 0 amide bonds. The Hall–Kier alpha value is -1.07. The molecule has 0 N–H and O–H groups in total. The average molecular weight is 164 g/mol. The van der Waals surface area contributed by atoms with Crippen LogP contribution in [0.4, 0.5) is 0 Å². The molecule has 0 saturated carbocycles. The molecule has 1 nitrogen and oxygen atoms in total. The summed E-state index contributed by atoms with van der Waals surface area (Å²) >= 11 is 1.59. The Labute approximate surface area is 70.1 Å². The van der Waals surface area contributed by atoms with Gasteiger partial charge in [-0.15, -0.1) is 17.8 Å². The molecule has 0 aromatic carbocycles. The molecule has 0 spiro atoms. The van der Waals surface area contributed by atoms with Crippen LogP contribution in [-0.4, -0.2) is 5.78 Å². The van der Waals surface area contributed by atoms with Gasteiger partial charge in [0.15, 0.2) is 0 Å². The number of carbonyl (C=O) groups is 1. The molecule has 0 atom stereocenters. The molecule has 1 aromatic heterocycles. The Kier molecular flexibility index (Phi) is 2.88. The monoisotopic (exact) mass is 164 g/mol. The third-order valence-corrected chi connectivity index (χ3v) is 2.13. The third-order valence-electron chi connectivity index (χ3n) is 1.25. The van der Waals surface area contributed by atoms with E-state index in [9.17, 15) is 4.79 Å². The SMILES string of the molecule is C#CCC(=O)Cc1cccs1. The summed E-state index contributed by atoms with van der Waals surface area (Å²) in [5, 5.41) is 1.96. The molecule has 56 valence electrons. The standard InChI is InChI=1S/C9H8OS/c1-2-4-8(10)7-9-5-3-6-11-9/h1,3,5-6H,4,7H2. The van der Waals surface area contributed by atoms with Crippen LogP contribution in [-0.2, 0) is 11.2 Å². The number of carbonyl (C=O) groups excluding carboxylic acids is 1. The maximum Gasteiger partial charge on any atom is 0.149 e. The number of thiophene rings is 1. The lowest BCUT2D eigenvalue weighted by Gasteiger charge is -1.90. The van der Waals surface area contributed by atoms with Gasteiger partial charge in [0.05, 0.1) is 6.42 Å². The summed E-state index contributed by atoms with van der Waals surface area (Å²) in [6.07, 6.45) is 5.73. The molecule has 1 rings (SSSR count). The second-order valence-corrected chi connectivity index (χ2v) is 3.21. The molecule has 0 radical (unpaired) electrons. The van der Waals surface area contributed by atoms with Gasteiger partial charge in [-0.05, 0) is 11.4 Å². The second kappa shape index (κ2) is 3.95. The van der Waals surface area contributed by atoms with Gasteiger partial charge < -0.3 is 0 Å². The van der Waals surface area contributed by atoms with Crippen molar-refractivity contribution in [3.8, 4) is 12.3 Å². The van der Waals surface area contributed by atoms with Crippen molar-refractivity contribution in [2.24, 2.45) is 0 Å². The molecular weight excluding hydrogens is 156 g/mol. The van der Waals surface area contributed by atoms with Crippen molar-refractivity contribution in [1.29, 1.82) is 0 Å². The minimum absolute atomic E-state index is 0.120. The average Bonchev–Trinajstić information content (AvgIpc) is 2.40. The van der Waals surface area contributed by atoms with E-state index in [0.717, 1.165) is 4.88 Å². The normalized spacial score (nSPS) is 9.00. The van der Waals surface area contributed by atoms with Crippen molar-refractivity contribution >= 4 is 17.1 Å². The zero-order valence-electron chi connectivity index (χ0n) is 6.04. The van der Waals surface area contributed by atoms with E-state index in [2.05, 4.69) is 5.92 Å². The van der Waals surface area contributed by atoms with Crippen molar-refractivity contribution in [3.05, 3.63) is 22.4 Å². The van der Waals surface area contributed by atoms with Gasteiger partial charge in [-0.1, -0.05) is 12.0 Å². The van der Waals surface area contributed by atoms with E-state index in [1.165, 1.54) is 0 Å². The van der Waals surface area contributed by atoms with Gasteiger partial charge in [-0.25, -0.2) is 0 Å². The first-order chi connectivity index (χ1) is 5.33. The zero-order chi connectivity index (χ0) is 8.10. The van der Waals surface area contributed by atoms with Gasteiger partial charge in [-0.2, -0.15) is 0 Å². The van der Waals surface area contributed by atoms with Crippen LogP contribution in [0.3, 0.4) is 0 Å². The topological polar surface area (TPSA) is 17.1 Å². The van der Waals surface area contributed by atoms with E-state index in [1.807, 2.05) is 17.5 Å². The molecule has 0 unspecified atom stereocenters. The van der Waals surface area contributed by atoms with Gasteiger partial charge in [0.1, 0.15) is 5.78 Å². The van der Waals surface area contributed by atoms with Gasteiger partial charge in [0, 0.05) is 11.3 Å². The van der Waals surface area contributed by atoms with E-state index < -0.39 is 0 Å². The van der Waals surface area contributed by atoms with Crippen molar-refractivity contribution in [2.75, 3.05) is 0 Å². The molecule has 0 saturated heterocycles. The fourth-order valence-corrected chi connectivity index (χ4v) is 1.52. The summed E-state index contributed by atoms with van der Waals surface area (Å²) in [5.41, 5.74) is 0. The number of ketones is 1. The van der Waals surface area contributed by atoms with Gasteiger partial charge in [-0.3, -0.25) is 4.79 Å². The van der Waals surface area contributed by atoms with Crippen LogP contribution >= 0.6 is 11.3 Å². The fourth-order valence-electron chi connectivity index (χ4n) is 0.784. The summed E-state index contributed by atoms with van der Waals surface area (Å²) in [6.45, 7) is 0. The van der Waals surface area contributed by atoms with E-state index in [4.69, 9.17) is 6.42 Å². The molecular formula is C9H8OS. The summed E-state index contributed by atoms with van der Waals surface area (Å²) in [6, 6.07) is 3.88. The van der Waals surface area contributed by atoms with Crippen LogP contribution in [0, 0.1) is 12.3 Å². The maximum absolute atomic E-state index is 11.0. The summed E-state index contributed by atoms with van der Waals surface area (Å²) in [5.74, 6) is 2.46. The van der Waals surface area contributed by atoms with Crippen molar-refractivity contribution in [3.63, 3.8) is 0 Å². The van der Waals surface area contributed by atoms with Crippen LogP contribution in [0.1, 0.15) is 11.3 Å². The lowest BCUT2D eigenvalue weighted by Crippen LogP contribution is -1.98. The van der Waals surface area contributed by atoms with E-state index >= 15 is 0 Å². The van der Waals surface area contributed by atoms with E-state index in [1.54, 1.807) is 11.3 Å². The lowest BCUT2D eigenvalue weighted by atomic mass is 10.2. The number of rotatable bonds is 3. The largest absolute Gasteiger partial charge is 0.298 e. The minimum atomic E-state index is 0.120. The third kappa shape index (κ3) is 2.57. The number of terminal acetylenes is 1. The van der Waals surface area contributed by atoms with Crippen LogP contribution in [0.2, 0.25) is 0 Å². The Morgan fingerprint density at radius 3 is 3.09 bits per heavy atom. The number of hydrogen-bond acceptors (Lipinski definition) is 2. The van der Waals surface area contributed by atoms with Gasteiger partial charge in [0.2, 0.25) is 0 Å².